The van der Waals surface area contributed by atoms with Gasteiger partial charge in [0.1, 0.15) is 5.82 Å². The average Bonchev–Trinajstić information content (AvgIpc) is 3.30. The summed E-state index contributed by atoms with van der Waals surface area (Å²) >= 11 is 5.33. The number of H-pyrrole nitrogens is 1. The minimum absolute atomic E-state index is 0.176. The molecule has 1 aliphatic heterocycles. The molecule has 5 nitrogen and oxygen atoms in total. The molecule has 1 saturated heterocycles. The lowest BCUT2D eigenvalue weighted by Gasteiger charge is -2.31. The third-order valence-corrected chi connectivity index (χ3v) is 5.28. The van der Waals surface area contributed by atoms with E-state index >= 15 is 0 Å². The van der Waals surface area contributed by atoms with Gasteiger partial charge in [-0.3, -0.25) is 9.89 Å². The van der Waals surface area contributed by atoms with Crippen molar-refractivity contribution in [2.75, 3.05) is 13.1 Å². The lowest BCUT2D eigenvalue weighted by Crippen LogP contribution is -2.37. The Labute approximate surface area is 142 Å². The molecule has 1 amide bonds. The number of aromatic nitrogens is 3. The van der Waals surface area contributed by atoms with Gasteiger partial charge in [0.2, 0.25) is 5.91 Å². The third kappa shape index (κ3) is 3.57. The number of carbonyl (C=O) groups is 1. The molecule has 0 radical (unpaired) electrons. The molecule has 1 N–H and O–H groups in total. The van der Waals surface area contributed by atoms with Gasteiger partial charge < -0.3 is 9.47 Å². The van der Waals surface area contributed by atoms with Gasteiger partial charge in [0.25, 0.3) is 0 Å². The van der Waals surface area contributed by atoms with E-state index in [1.54, 1.807) is 0 Å². The van der Waals surface area contributed by atoms with Gasteiger partial charge in [-0.2, -0.15) is 5.10 Å². The fourth-order valence-electron chi connectivity index (χ4n) is 3.40. The summed E-state index contributed by atoms with van der Waals surface area (Å²) in [4.78, 5) is 14.3. The zero-order chi connectivity index (χ0) is 16.6. The molecule has 2 fully saturated rings. The van der Waals surface area contributed by atoms with Crippen LogP contribution in [0.15, 0.2) is 11.6 Å². The highest BCUT2D eigenvalue weighted by Crippen LogP contribution is 2.36. The maximum absolute atomic E-state index is 12.4. The Hall–Kier alpha value is -1.43. The number of nitrogens with zero attached hydrogens (tertiary/aromatic N) is 3. The summed E-state index contributed by atoms with van der Waals surface area (Å²) in [7, 11) is 0. The first-order valence-electron chi connectivity index (χ1n) is 8.61. The molecular formula is C17H26N4OS. The number of rotatable bonds is 4. The summed E-state index contributed by atoms with van der Waals surface area (Å²) in [6.07, 6.45) is 6.25. The van der Waals surface area contributed by atoms with E-state index in [4.69, 9.17) is 12.2 Å². The predicted octanol–water partition coefficient (Wildman–Crippen LogP) is 3.58. The second-order valence-electron chi connectivity index (χ2n) is 7.11. The molecule has 0 atom stereocenters. The Morgan fingerprint density at radius 2 is 1.96 bits per heavy atom. The van der Waals surface area contributed by atoms with Crippen LogP contribution < -0.4 is 0 Å². The van der Waals surface area contributed by atoms with Crippen LogP contribution in [0.1, 0.15) is 64.2 Å². The van der Waals surface area contributed by atoms with E-state index in [2.05, 4.69) is 35.5 Å². The zero-order valence-corrected chi connectivity index (χ0v) is 15.0. The molecule has 0 unspecified atom stereocenters. The summed E-state index contributed by atoms with van der Waals surface area (Å²) in [5, 5.41) is 7.36. The SMILES string of the molecule is CC(=CC(=O)N1CCC(c2n[nH]c(=S)n2C(C)C)CC1)C1CC1. The molecular weight excluding hydrogens is 308 g/mol. The second-order valence-corrected chi connectivity index (χ2v) is 7.50. The minimum Gasteiger partial charge on any atom is -0.339 e. The number of nitrogens with one attached hydrogen (secondary N) is 1. The Morgan fingerprint density at radius 1 is 1.30 bits per heavy atom. The van der Waals surface area contributed by atoms with Gasteiger partial charge in [-0.25, -0.2) is 0 Å². The normalized spacial score (nSPS) is 20.3. The molecule has 1 aromatic rings. The molecule has 1 aromatic heterocycles. The molecule has 0 spiro atoms. The highest BCUT2D eigenvalue weighted by molar-refractivity contribution is 7.71. The van der Waals surface area contributed by atoms with Crippen LogP contribution in [0.5, 0.6) is 0 Å². The first kappa shape index (κ1) is 16.4. The molecule has 23 heavy (non-hydrogen) atoms. The van der Waals surface area contributed by atoms with Gasteiger partial charge in [0.15, 0.2) is 4.77 Å². The summed E-state index contributed by atoms with van der Waals surface area (Å²) in [6.45, 7) is 7.94. The quantitative estimate of drug-likeness (QED) is 0.676. The highest BCUT2D eigenvalue weighted by Gasteiger charge is 2.28. The third-order valence-electron chi connectivity index (χ3n) is 4.99. The van der Waals surface area contributed by atoms with E-state index in [-0.39, 0.29) is 5.91 Å². The van der Waals surface area contributed by atoms with Crippen LogP contribution in [0.3, 0.4) is 0 Å². The summed E-state index contributed by atoms with van der Waals surface area (Å²) in [6, 6.07) is 0.306. The molecule has 2 aliphatic rings. The number of allylic oxidation sites excluding steroid dienone is 1. The summed E-state index contributed by atoms with van der Waals surface area (Å²) in [5.41, 5.74) is 1.25. The van der Waals surface area contributed by atoms with Crippen LogP contribution in [0, 0.1) is 10.7 Å². The van der Waals surface area contributed by atoms with Crippen LogP contribution >= 0.6 is 12.2 Å². The second kappa shape index (κ2) is 6.59. The van der Waals surface area contributed by atoms with Crippen LogP contribution in [-0.2, 0) is 4.79 Å². The fourth-order valence-corrected chi connectivity index (χ4v) is 3.75. The zero-order valence-electron chi connectivity index (χ0n) is 14.2. The molecule has 1 aliphatic carbocycles. The number of piperidine rings is 1. The lowest BCUT2D eigenvalue weighted by atomic mass is 9.95. The van der Waals surface area contributed by atoms with E-state index in [1.165, 1.54) is 18.4 Å². The number of likely N-dealkylation sites (tertiary alicyclic amines) is 1. The van der Waals surface area contributed by atoms with Crippen molar-refractivity contribution in [3.63, 3.8) is 0 Å². The van der Waals surface area contributed by atoms with Crippen molar-refractivity contribution in [1.29, 1.82) is 0 Å². The van der Waals surface area contributed by atoms with Crippen molar-refractivity contribution in [3.05, 3.63) is 22.2 Å². The lowest BCUT2D eigenvalue weighted by molar-refractivity contribution is -0.127. The van der Waals surface area contributed by atoms with Gasteiger partial charge in [-0.1, -0.05) is 5.57 Å². The number of aromatic amines is 1. The van der Waals surface area contributed by atoms with Gasteiger partial charge in [0, 0.05) is 31.1 Å². The van der Waals surface area contributed by atoms with E-state index in [0.717, 1.165) is 31.8 Å². The maximum atomic E-state index is 12.4. The molecule has 6 heteroatoms. The van der Waals surface area contributed by atoms with Gasteiger partial charge in [-0.05, 0) is 64.6 Å². The Balaban J connectivity index is 1.63. The Kier molecular flexibility index (Phi) is 4.71. The van der Waals surface area contributed by atoms with E-state index in [9.17, 15) is 4.79 Å². The summed E-state index contributed by atoms with van der Waals surface area (Å²) < 4.78 is 2.80. The first-order chi connectivity index (χ1) is 11.0. The van der Waals surface area contributed by atoms with Crippen LogP contribution in [-0.4, -0.2) is 38.7 Å². The fraction of sp³-hybridized carbons (Fsp3) is 0.706. The van der Waals surface area contributed by atoms with Crippen LogP contribution in [0.25, 0.3) is 0 Å². The maximum Gasteiger partial charge on any atom is 0.246 e. The first-order valence-corrected chi connectivity index (χ1v) is 9.02. The van der Waals surface area contributed by atoms with E-state index in [0.29, 0.717) is 22.6 Å². The Morgan fingerprint density at radius 3 is 2.52 bits per heavy atom. The van der Waals surface area contributed by atoms with Crippen molar-refractivity contribution in [2.24, 2.45) is 5.92 Å². The molecule has 0 aromatic carbocycles. The standard InChI is InChI=1S/C17H26N4OS/c1-11(2)21-16(18-19-17(21)23)14-6-8-20(9-7-14)15(22)10-12(3)13-4-5-13/h10-11,13-14H,4-9H2,1-3H3,(H,19,23). The van der Waals surface area contributed by atoms with Crippen molar-refractivity contribution in [2.45, 2.75) is 58.4 Å². The van der Waals surface area contributed by atoms with E-state index in [1.807, 2.05) is 11.0 Å². The predicted molar refractivity (Wildman–Crippen MR) is 92.8 cm³/mol. The molecule has 1 saturated carbocycles. The number of amides is 1. The van der Waals surface area contributed by atoms with Crippen molar-refractivity contribution >= 4 is 18.1 Å². The van der Waals surface area contributed by atoms with Gasteiger partial charge in [0.05, 0.1) is 0 Å². The molecule has 0 bridgehead atoms. The van der Waals surface area contributed by atoms with Gasteiger partial charge >= 0.3 is 0 Å². The van der Waals surface area contributed by atoms with Gasteiger partial charge in [-0.15, -0.1) is 0 Å². The minimum atomic E-state index is 0.176. The van der Waals surface area contributed by atoms with Crippen molar-refractivity contribution in [1.82, 2.24) is 19.7 Å². The monoisotopic (exact) mass is 334 g/mol. The largest absolute Gasteiger partial charge is 0.339 e. The number of carbonyl (C=O) groups excluding carboxylic acids is 1. The number of hydrogen-bond donors (Lipinski definition) is 1. The van der Waals surface area contributed by atoms with E-state index < -0.39 is 0 Å². The van der Waals surface area contributed by atoms with Crippen molar-refractivity contribution in [3.8, 4) is 0 Å². The molecule has 2 heterocycles. The molecule has 3 rings (SSSR count). The Bertz CT molecular complexity index is 660. The van der Waals surface area contributed by atoms with Crippen molar-refractivity contribution < 1.29 is 4.79 Å². The number of hydrogen-bond acceptors (Lipinski definition) is 3. The smallest absolute Gasteiger partial charge is 0.246 e. The van der Waals surface area contributed by atoms with Crippen LogP contribution in [0.2, 0.25) is 0 Å². The average molecular weight is 334 g/mol. The topological polar surface area (TPSA) is 53.9 Å². The van der Waals surface area contributed by atoms with Crippen LogP contribution in [0.4, 0.5) is 0 Å². The summed E-state index contributed by atoms with van der Waals surface area (Å²) in [5.74, 6) is 2.26. The highest BCUT2D eigenvalue weighted by atomic mass is 32.1. The molecule has 126 valence electrons.